The average Bonchev–Trinajstić information content (AvgIpc) is 2.87. The highest BCUT2D eigenvalue weighted by Crippen LogP contribution is 2.33. The van der Waals surface area contributed by atoms with Gasteiger partial charge in [-0.2, -0.15) is 0 Å². The monoisotopic (exact) mass is 576 g/mol. The topological polar surface area (TPSA) is 161 Å². The molecular formula is C28H29FO12. The van der Waals surface area contributed by atoms with Crippen molar-refractivity contribution in [2.75, 3.05) is 6.61 Å². The fourth-order valence-electron chi connectivity index (χ4n) is 4.12. The van der Waals surface area contributed by atoms with Gasteiger partial charge in [-0.05, 0) is 29.8 Å². The summed E-state index contributed by atoms with van der Waals surface area (Å²) >= 11 is 0. The first-order chi connectivity index (χ1) is 19.3. The van der Waals surface area contributed by atoms with Crippen LogP contribution in [-0.2, 0) is 49.3 Å². The SMILES string of the molecule is CC(=O)OC[C@@H]1O[C@H](Oc2ccc(C(=O)Cc3ccc(F)cc3)c(O)c2)[C@@H](OC(C)=O)[C@H](OC(C)=O)[C@H]1OC(C)=O. The van der Waals surface area contributed by atoms with Crippen molar-refractivity contribution in [3.05, 3.63) is 59.4 Å². The summed E-state index contributed by atoms with van der Waals surface area (Å²) in [5.41, 5.74) is 0.497. The predicted molar refractivity (Wildman–Crippen MR) is 135 cm³/mol. The number of carbonyl (C=O) groups excluding carboxylic acids is 5. The van der Waals surface area contributed by atoms with Crippen LogP contribution in [0, 0.1) is 5.82 Å². The van der Waals surface area contributed by atoms with Gasteiger partial charge in [-0.1, -0.05) is 12.1 Å². The van der Waals surface area contributed by atoms with Gasteiger partial charge in [0.2, 0.25) is 12.4 Å². The largest absolute Gasteiger partial charge is 0.507 e. The van der Waals surface area contributed by atoms with Gasteiger partial charge < -0.3 is 33.5 Å². The van der Waals surface area contributed by atoms with E-state index in [1.807, 2.05) is 0 Å². The van der Waals surface area contributed by atoms with Crippen LogP contribution in [-0.4, -0.2) is 72.1 Å². The quantitative estimate of drug-likeness (QED) is 0.250. The summed E-state index contributed by atoms with van der Waals surface area (Å²) in [4.78, 5) is 60.0. The second kappa shape index (κ2) is 13.7. The summed E-state index contributed by atoms with van der Waals surface area (Å²) in [6.07, 6.45) is -7.13. The second-order valence-corrected chi connectivity index (χ2v) is 9.09. The maximum Gasteiger partial charge on any atom is 0.303 e. The minimum absolute atomic E-state index is 0.0387. The molecule has 0 unspecified atom stereocenters. The van der Waals surface area contributed by atoms with Gasteiger partial charge in [0.1, 0.15) is 30.0 Å². The van der Waals surface area contributed by atoms with Gasteiger partial charge in [0.05, 0.1) is 5.56 Å². The highest BCUT2D eigenvalue weighted by Gasteiger charge is 2.53. The van der Waals surface area contributed by atoms with Gasteiger partial charge in [-0.25, -0.2) is 4.39 Å². The third kappa shape index (κ3) is 8.73. The number of phenols is 1. The molecule has 2 aromatic rings. The number of ketones is 1. The first-order valence-electron chi connectivity index (χ1n) is 12.4. The van der Waals surface area contributed by atoms with Crippen molar-refractivity contribution in [1.82, 2.24) is 0 Å². The fraction of sp³-hybridized carbons (Fsp3) is 0.393. The van der Waals surface area contributed by atoms with Gasteiger partial charge in [0.25, 0.3) is 0 Å². The van der Waals surface area contributed by atoms with Gasteiger partial charge in [0, 0.05) is 40.2 Å². The zero-order valence-corrected chi connectivity index (χ0v) is 22.7. The zero-order chi connectivity index (χ0) is 30.3. The fourth-order valence-corrected chi connectivity index (χ4v) is 4.12. The van der Waals surface area contributed by atoms with Crippen LogP contribution in [0.4, 0.5) is 4.39 Å². The third-order valence-electron chi connectivity index (χ3n) is 5.75. The number of benzene rings is 2. The predicted octanol–water partition coefficient (Wildman–Crippen LogP) is 2.42. The minimum Gasteiger partial charge on any atom is -0.507 e. The third-order valence-corrected chi connectivity index (χ3v) is 5.75. The minimum atomic E-state index is -1.52. The molecule has 1 N–H and O–H groups in total. The smallest absolute Gasteiger partial charge is 0.303 e. The van der Waals surface area contributed by atoms with Crippen molar-refractivity contribution in [2.24, 2.45) is 0 Å². The Morgan fingerprint density at radius 2 is 1.39 bits per heavy atom. The summed E-state index contributed by atoms with van der Waals surface area (Å²) in [7, 11) is 0. The molecule has 1 saturated heterocycles. The first-order valence-corrected chi connectivity index (χ1v) is 12.4. The molecule has 1 fully saturated rings. The number of hydrogen-bond acceptors (Lipinski definition) is 12. The Kier molecular flexibility index (Phi) is 10.4. The summed E-state index contributed by atoms with van der Waals surface area (Å²) in [6, 6.07) is 9.08. The van der Waals surface area contributed by atoms with Crippen molar-refractivity contribution in [1.29, 1.82) is 0 Å². The summed E-state index contributed by atoms with van der Waals surface area (Å²) in [6.45, 7) is 3.96. The molecular weight excluding hydrogens is 547 g/mol. The first kappa shape index (κ1) is 31.0. The van der Waals surface area contributed by atoms with E-state index in [2.05, 4.69) is 0 Å². The van der Waals surface area contributed by atoms with Crippen molar-refractivity contribution in [3.8, 4) is 11.5 Å². The number of halogens is 1. The number of Topliss-reactive ketones (excluding diaryl/α,β-unsaturated/α-hetero) is 1. The summed E-state index contributed by atoms with van der Waals surface area (Å²) in [5, 5.41) is 10.6. The van der Waals surface area contributed by atoms with Crippen molar-refractivity contribution >= 4 is 29.7 Å². The van der Waals surface area contributed by atoms with Crippen LogP contribution in [0.1, 0.15) is 43.6 Å². The second-order valence-electron chi connectivity index (χ2n) is 9.09. The molecule has 0 aliphatic carbocycles. The molecule has 1 heterocycles. The molecule has 13 heteroatoms. The Labute approximate surface area is 234 Å². The van der Waals surface area contributed by atoms with Gasteiger partial charge in [-0.15, -0.1) is 0 Å². The zero-order valence-electron chi connectivity index (χ0n) is 22.7. The highest BCUT2D eigenvalue weighted by molar-refractivity contribution is 6.00. The average molecular weight is 577 g/mol. The van der Waals surface area contributed by atoms with Crippen LogP contribution in [0.2, 0.25) is 0 Å². The molecule has 220 valence electrons. The molecule has 0 aromatic heterocycles. The molecule has 1 aliphatic heterocycles. The van der Waals surface area contributed by atoms with E-state index in [1.54, 1.807) is 0 Å². The number of aromatic hydroxyl groups is 1. The molecule has 0 bridgehead atoms. The Balaban J connectivity index is 1.90. The van der Waals surface area contributed by atoms with Crippen LogP contribution in [0.3, 0.4) is 0 Å². The molecule has 0 radical (unpaired) electrons. The standard InChI is InChI=1S/C28H29FO12/c1-14(30)36-13-24-25(37-15(2)31)26(38-16(3)32)27(39-17(4)33)28(41-24)40-20-9-10-21(23(35)12-20)22(34)11-18-5-7-19(29)8-6-18/h5-10,12,24-28,35H,11,13H2,1-4H3/t24-,25-,26+,27-,28-/m0/s1. The molecule has 5 atom stereocenters. The number of carbonyl (C=O) groups is 5. The van der Waals surface area contributed by atoms with E-state index >= 15 is 0 Å². The van der Waals surface area contributed by atoms with Gasteiger partial charge >= 0.3 is 23.9 Å². The number of hydrogen-bond donors (Lipinski definition) is 1. The molecule has 41 heavy (non-hydrogen) atoms. The highest BCUT2D eigenvalue weighted by atomic mass is 19.1. The van der Waals surface area contributed by atoms with E-state index in [-0.39, 0.29) is 17.7 Å². The Morgan fingerprint density at radius 1 is 0.805 bits per heavy atom. The van der Waals surface area contributed by atoms with E-state index in [0.717, 1.165) is 33.8 Å². The molecule has 12 nitrogen and oxygen atoms in total. The Morgan fingerprint density at radius 3 is 1.95 bits per heavy atom. The van der Waals surface area contributed by atoms with Gasteiger partial charge in [-0.3, -0.25) is 24.0 Å². The number of esters is 4. The summed E-state index contributed by atoms with van der Waals surface area (Å²) < 4.78 is 45.9. The lowest BCUT2D eigenvalue weighted by Crippen LogP contribution is -2.63. The van der Waals surface area contributed by atoms with E-state index in [9.17, 15) is 33.5 Å². The van der Waals surface area contributed by atoms with Crippen molar-refractivity contribution < 1.29 is 61.9 Å². The van der Waals surface area contributed by atoms with Crippen LogP contribution < -0.4 is 4.74 Å². The molecule has 3 rings (SSSR count). The number of phenolic OH excluding ortho intramolecular Hbond substituents is 1. The van der Waals surface area contributed by atoms with Gasteiger partial charge in [0.15, 0.2) is 18.0 Å². The lowest BCUT2D eigenvalue weighted by atomic mass is 9.98. The maximum absolute atomic E-state index is 13.2. The Bertz CT molecular complexity index is 1290. The molecule has 0 saturated carbocycles. The van der Waals surface area contributed by atoms with E-state index in [0.29, 0.717) is 5.56 Å². The molecule has 1 aliphatic rings. The lowest BCUT2D eigenvalue weighted by Gasteiger charge is -2.43. The molecule has 0 spiro atoms. The Hall–Kier alpha value is -4.52. The normalized spacial score (nSPS) is 21.7. The summed E-state index contributed by atoms with van der Waals surface area (Å²) in [5.74, 6) is -4.46. The molecule has 0 amide bonds. The lowest BCUT2D eigenvalue weighted by molar-refractivity contribution is -0.288. The van der Waals surface area contributed by atoms with E-state index in [1.165, 1.54) is 36.4 Å². The van der Waals surface area contributed by atoms with Crippen molar-refractivity contribution in [3.63, 3.8) is 0 Å². The van der Waals surface area contributed by atoms with E-state index in [4.69, 9.17) is 28.4 Å². The molecule has 2 aromatic carbocycles. The number of rotatable bonds is 10. The van der Waals surface area contributed by atoms with Crippen LogP contribution in [0.5, 0.6) is 11.5 Å². The van der Waals surface area contributed by atoms with Crippen LogP contribution >= 0.6 is 0 Å². The van der Waals surface area contributed by atoms with Crippen LogP contribution in [0.15, 0.2) is 42.5 Å². The van der Waals surface area contributed by atoms with Crippen LogP contribution in [0.25, 0.3) is 0 Å². The number of ether oxygens (including phenoxy) is 6. The van der Waals surface area contributed by atoms with E-state index < -0.39 is 78.5 Å². The van der Waals surface area contributed by atoms with Crippen molar-refractivity contribution in [2.45, 2.75) is 64.8 Å². The maximum atomic E-state index is 13.2.